The van der Waals surface area contributed by atoms with E-state index < -0.39 is 5.91 Å². The Bertz CT molecular complexity index is 692. The third-order valence-electron chi connectivity index (χ3n) is 2.51. The SMILES string of the molecule is O=C(Nc1ccc(Br)c(Cl)c1Cl)c1ccc(O)cc1O. The standard InChI is InChI=1S/C13H8BrCl2NO3/c14-8-3-4-9(12(16)11(8)15)17-13(20)7-2-1-6(18)5-10(7)19/h1-5,18-19H,(H,17,20). The van der Waals surface area contributed by atoms with Crippen molar-refractivity contribution in [3.63, 3.8) is 0 Å². The van der Waals surface area contributed by atoms with Gasteiger partial charge in [0.25, 0.3) is 5.91 Å². The van der Waals surface area contributed by atoms with Crippen molar-refractivity contribution in [2.24, 2.45) is 0 Å². The number of halogens is 3. The second-order valence-electron chi connectivity index (χ2n) is 3.88. The summed E-state index contributed by atoms with van der Waals surface area (Å²) in [7, 11) is 0. The molecule has 0 fully saturated rings. The highest BCUT2D eigenvalue weighted by Gasteiger charge is 2.15. The van der Waals surface area contributed by atoms with Crippen LogP contribution in [0.25, 0.3) is 0 Å². The Morgan fingerprint density at radius 2 is 1.80 bits per heavy atom. The summed E-state index contributed by atoms with van der Waals surface area (Å²) in [6.45, 7) is 0. The molecule has 0 spiro atoms. The van der Waals surface area contributed by atoms with Crippen molar-refractivity contribution in [3.8, 4) is 11.5 Å². The molecule has 0 aliphatic heterocycles. The molecular weight excluding hydrogens is 369 g/mol. The molecule has 0 bridgehead atoms. The maximum absolute atomic E-state index is 12.0. The molecule has 0 aliphatic carbocycles. The first-order chi connectivity index (χ1) is 9.40. The van der Waals surface area contributed by atoms with Crippen molar-refractivity contribution in [1.82, 2.24) is 0 Å². The van der Waals surface area contributed by atoms with Crippen LogP contribution in [0.5, 0.6) is 11.5 Å². The Hall–Kier alpha value is -1.43. The summed E-state index contributed by atoms with van der Waals surface area (Å²) >= 11 is 15.2. The topological polar surface area (TPSA) is 69.6 Å². The largest absolute Gasteiger partial charge is 0.508 e. The molecule has 20 heavy (non-hydrogen) atoms. The van der Waals surface area contributed by atoms with E-state index in [9.17, 15) is 15.0 Å². The molecule has 4 nitrogen and oxygen atoms in total. The van der Waals surface area contributed by atoms with Crippen LogP contribution in [0.2, 0.25) is 10.0 Å². The Kier molecular flexibility index (Phi) is 4.42. The highest BCUT2D eigenvalue weighted by Crippen LogP contribution is 2.36. The number of phenolic OH excluding ortho intramolecular Hbond substituents is 2. The number of hydrogen-bond acceptors (Lipinski definition) is 3. The number of carbonyl (C=O) groups excluding carboxylic acids is 1. The van der Waals surface area contributed by atoms with E-state index in [1.54, 1.807) is 12.1 Å². The molecule has 104 valence electrons. The molecule has 1 amide bonds. The van der Waals surface area contributed by atoms with Gasteiger partial charge in [-0.15, -0.1) is 0 Å². The summed E-state index contributed by atoms with van der Waals surface area (Å²) in [6.07, 6.45) is 0. The lowest BCUT2D eigenvalue weighted by molar-refractivity contribution is 0.102. The average molecular weight is 377 g/mol. The molecule has 0 unspecified atom stereocenters. The van der Waals surface area contributed by atoms with Gasteiger partial charge in [-0.05, 0) is 40.2 Å². The first-order valence-corrected chi connectivity index (χ1v) is 6.92. The molecule has 2 aromatic rings. The van der Waals surface area contributed by atoms with E-state index in [1.165, 1.54) is 12.1 Å². The molecule has 0 radical (unpaired) electrons. The lowest BCUT2D eigenvalue weighted by Crippen LogP contribution is -2.12. The van der Waals surface area contributed by atoms with Crippen LogP contribution in [0.1, 0.15) is 10.4 Å². The van der Waals surface area contributed by atoms with Crippen LogP contribution in [0.4, 0.5) is 5.69 Å². The second kappa shape index (κ2) is 5.91. The Morgan fingerprint density at radius 1 is 1.10 bits per heavy atom. The van der Waals surface area contributed by atoms with Crippen molar-refractivity contribution in [2.45, 2.75) is 0 Å². The summed E-state index contributed by atoms with van der Waals surface area (Å²) in [5, 5.41) is 21.8. The van der Waals surface area contributed by atoms with E-state index in [4.69, 9.17) is 23.2 Å². The fourth-order valence-corrected chi connectivity index (χ4v) is 2.35. The Balaban J connectivity index is 2.30. The minimum absolute atomic E-state index is 0.0120. The van der Waals surface area contributed by atoms with Gasteiger partial charge in [-0.25, -0.2) is 0 Å². The van der Waals surface area contributed by atoms with Crippen LogP contribution in [-0.4, -0.2) is 16.1 Å². The molecule has 3 N–H and O–H groups in total. The molecule has 2 aromatic carbocycles. The zero-order chi connectivity index (χ0) is 14.9. The zero-order valence-corrected chi connectivity index (χ0v) is 12.9. The Labute approximate surface area is 133 Å². The van der Waals surface area contributed by atoms with E-state index in [0.717, 1.165) is 6.07 Å². The van der Waals surface area contributed by atoms with E-state index in [1.807, 2.05) is 0 Å². The van der Waals surface area contributed by atoms with Gasteiger partial charge in [0.15, 0.2) is 0 Å². The highest BCUT2D eigenvalue weighted by molar-refractivity contribution is 9.10. The number of nitrogens with one attached hydrogen (secondary N) is 1. The number of amides is 1. The molecule has 0 heterocycles. The smallest absolute Gasteiger partial charge is 0.259 e. The molecule has 0 atom stereocenters. The minimum Gasteiger partial charge on any atom is -0.508 e. The highest BCUT2D eigenvalue weighted by atomic mass is 79.9. The number of phenols is 2. The van der Waals surface area contributed by atoms with E-state index in [-0.39, 0.29) is 27.1 Å². The average Bonchev–Trinajstić information content (AvgIpc) is 2.39. The molecular formula is C13H8BrCl2NO3. The van der Waals surface area contributed by atoms with Crippen molar-refractivity contribution >= 4 is 50.7 Å². The van der Waals surface area contributed by atoms with Crippen molar-refractivity contribution in [2.75, 3.05) is 5.32 Å². The molecule has 0 aliphatic rings. The van der Waals surface area contributed by atoms with E-state index >= 15 is 0 Å². The number of aromatic hydroxyl groups is 2. The van der Waals surface area contributed by atoms with Gasteiger partial charge in [0, 0.05) is 10.5 Å². The number of hydrogen-bond donors (Lipinski definition) is 3. The third kappa shape index (κ3) is 3.00. The molecule has 0 saturated heterocycles. The maximum Gasteiger partial charge on any atom is 0.259 e. The fraction of sp³-hybridized carbons (Fsp3) is 0. The van der Waals surface area contributed by atoms with Gasteiger partial charge < -0.3 is 15.5 Å². The normalized spacial score (nSPS) is 10.3. The maximum atomic E-state index is 12.0. The van der Waals surface area contributed by atoms with Crippen LogP contribution < -0.4 is 5.32 Å². The van der Waals surface area contributed by atoms with Gasteiger partial charge in [-0.1, -0.05) is 23.2 Å². The number of rotatable bonds is 2. The van der Waals surface area contributed by atoms with Crippen LogP contribution in [0, 0.1) is 0 Å². The lowest BCUT2D eigenvalue weighted by Gasteiger charge is -2.10. The van der Waals surface area contributed by atoms with Crippen molar-refractivity contribution in [3.05, 3.63) is 50.4 Å². The predicted molar refractivity (Wildman–Crippen MR) is 81.9 cm³/mol. The van der Waals surface area contributed by atoms with Crippen LogP contribution >= 0.6 is 39.1 Å². The van der Waals surface area contributed by atoms with Crippen LogP contribution in [0.3, 0.4) is 0 Å². The molecule has 0 aromatic heterocycles. The second-order valence-corrected chi connectivity index (χ2v) is 5.49. The van der Waals surface area contributed by atoms with E-state index in [0.29, 0.717) is 10.2 Å². The zero-order valence-electron chi connectivity index (χ0n) is 9.82. The van der Waals surface area contributed by atoms with Gasteiger partial charge in [0.05, 0.1) is 21.3 Å². The Morgan fingerprint density at radius 3 is 2.45 bits per heavy atom. The molecule has 7 heteroatoms. The quantitative estimate of drug-likeness (QED) is 0.679. The number of carbonyl (C=O) groups is 1. The summed E-state index contributed by atoms with van der Waals surface area (Å²) in [5.41, 5.74) is 0.329. The number of anilines is 1. The van der Waals surface area contributed by atoms with Gasteiger partial charge in [-0.2, -0.15) is 0 Å². The number of benzene rings is 2. The minimum atomic E-state index is -0.567. The van der Waals surface area contributed by atoms with Crippen molar-refractivity contribution in [1.29, 1.82) is 0 Å². The summed E-state index contributed by atoms with van der Waals surface area (Å²) in [4.78, 5) is 12.0. The summed E-state index contributed by atoms with van der Waals surface area (Å²) < 4.78 is 0.606. The van der Waals surface area contributed by atoms with E-state index in [2.05, 4.69) is 21.2 Å². The monoisotopic (exact) mass is 375 g/mol. The van der Waals surface area contributed by atoms with Gasteiger partial charge in [0.1, 0.15) is 11.5 Å². The lowest BCUT2D eigenvalue weighted by atomic mass is 10.1. The van der Waals surface area contributed by atoms with Crippen molar-refractivity contribution < 1.29 is 15.0 Å². The summed E-state index contributed by atoms with van der Waals surface area (Å²) in [5.74, 6) is -1.03. The van der Waals surface area contributed by atoms with Crippen LogP contribution in [-0.2, 0) is 0 Å². The first kappa shape index (κ1) is 15.0. The van der Waals surface area contributed by atoms with Gasteiger partial charge in [0.2, 0.25) is 0 Å². The van der Waals surface area contributed by atoms with Gasteiger partial charge in [-0.3, -0.25) is 4.79 Å². The molecule has 2 rings (SSSR count). The molecule has 0 saturated carbocycles. The first-order valence-electron chi connectivity index (χ1n) is 5.37. The van der Waals surface area contributed by atoms with Gasteiger partial charge >= 0.3 is 0 Å². The van der Waals surface area contributed by atoms with Crippen LogP contribution in [0.15, 0.2) is 34.8 Å². The summed E-state index contributed by atoms with van der Waals surface area (Å²) in [6, 6.07) is 6.89. The fourth-order valence-electron chi connectivity index (χ4n) is 1.52. The predicted octanol–water partition coefficient (Wildman–Crippen LogP) is 4.42. The third-order valence-corrected chi connectivity index (χ3v) is 4.28.